The summed E-state index contributed by atoms with van der Waals surface area (Å²) in [5, 5.41) is 3.95. The van der Waals surface area contributed by atoms with Crippen molar-refractivity contribution in [2.45, 2.75) is 52.2 Å². The van der Waals surface area contributed by atoms with Gasteiger partial charge in [0, 0.05) is 31.6 Å². The fraction of sp³-hybridized carbons (Fsp3) is 0.500. The second-order valence-corrected chi connectivity index (χ2v) is 7.07. The standard InChI is InChI=1S/C20H27N3O2/c1-15-6-4-5-7-17(15)13-23-11-10-18(8-9-20(23)24)22(3)14-19-12-16(2)21-25-19/h4-7,12,18H,8-11,13-14H2,1-3H3. The third kappa shape index (κ3) is 4.48. The molecule has 1 fully saturated rings. The molecule has 1 unspecified atom stereocenters. The molecule has 2 heterocycles. The lowest BCUT2D eigenvalue weighted by Crippen LogP contribution is -2.33. The van der Waals surface area contributed by atoms with Gasteiger partial charge >= 0.3 is 0 Å². The molecule has 1 atom stereocenters. The van der Waals surface area contributed by atoms with Crippen LogP contribution in [0.5, 0.6) is 0 Å². The molecule has 1 saturated heterocycles. The van der Waals surface area contributed by atoms with Crippen LogP contribution >= 0.6 is 0 Å². The van der Waals surface area contributed by atoms with Crippen LogP contribution in [-0.4, -0.2) is 40.5 Å². The number of hydrogen-bond donors (Lipinski definition) is 0. The zero-order valence-corrected chi connectivity index (χ0v) is 15.4. The lowest BCUT2D eigenvalue weighted by atomic mass is 10.1. The van der Waals surface area contributed by atoms with E-state index >= 15 is 0 Å². The summed E-state index contributed by atoms with van der Waals surface area (Å²) in [6, 6.07) is 10.7. The Morgan fingerprint density at radius 2 is 2.08 bits per heavy atom. The minimum atomic E-state index is 0.259. The fourth-order valence-electron chi connectivity index (χ4n) is 3.49. The van der Waals surface area contributed by atoms with Crippen LogP contribution in [0.4, 0.5) is 0 Å². The van der Waals surface area contributed by atoms with E-state index in [2.05, 4.69) is 36.2 Å². The molecule has 25 heavy (non-hydrogen) atoms. The predicted octanol–water partition coefficient (Wildman–Crippen LogP) is 3.30. The van der Waals surface area contributed by atoms with E-state index in [4.69, 9.17) is 4.52 Å². The van der Waals surface area contributed by atoms with Gasteiger partial charge in [-0.1, -0.05) is 29.4 Å². The Hall–Kier alpha value is -2.14. The van der Waals surface area contributed by atoms with E-state index in [-0.39, 0.29) is 5.91 Å². The van der Waals surface area contributed by atoms with Crippen molar-refractivity contribution in [2.24, 2.45) is 0 Å². The average molecular weight is 341 g/mol. The third-order valence-electron chi connectivity index (χ3n) is 5.10. The van der Waals surface area contributed by atoms with Gasteiger partial charge in [-0.15, -0.1) is 0 Å². The summed E-state index contributed by atoms with van der Waals surface area (Å²) in [7, 11) is 2.10. The first-order valence-corrected chi connectivity index (χ1v) is 8.97. The monoisotopic (exact) mass is 341 g/mol. The Bertz CT molecular complexity index is 725. The lowest BCUT2D eigenvalue weighted by molar-refractivity contribution is -0.131. The van der Waals surface area contributed by atoms with Gasteiger partial charge in [-0.2, -0.15) is 0 Å². The maximum Gasteiger partial charge on any atom is 0.222 e. The maximum atomic E-state index is 12.5. The van der Waals surface area contributed by atoms with E-state index in [1.54, 1.807) is 0 Å². The summed E-state index contributed by atoms with van der Waals surface area (Å²) >= 11 is 0. The molecule has 1 aliphatic heterocycles. The number of nitrogens with zero attached hydrogens (tertiary/aromatic N) is 3. The fourth-order valence-corrected chi connectivity index (χ4v) is 3.49. The minimum absolute atomic E-state index is 0.259. The molecule has 0 N–H and O–H groups in total. The largest absolute Gasteiger partial charge is 0.360 e. The quantitative estimate of drug-likeness (QED) is 0.837. The van der Waals surface area contributed by atoms with E-state index in [1.807, 2.05) is 30.0 Å². The van der Waals surface area contributed by atoms with Crippen LogP contribution in [0.15, 0.2) is 34.9 Å². The van der Waals surface area contributed by atoms with Gasteiger partial charge < -0.3 is 9.42 Å². The van der Waals surface area contributed by atoms with Crippen LogP contribution in [0.1, 0.15) is 41.8 Å². The molecule has 0 spiro atoms. The zero-order valence-electron chi connectivity index (χ0n) is 15.4. The molecule has 134 valence electrons. The van der Waals surface area contributed by atoms with Crippen LogP contribution in [0, 0.1) is 13.8 Å². The molecule has 0 aliphatic carbocycles. The Morgan fingerprint density at radius 1 is 1.28 bits per heavy atom. The number of carbonyl (C=O) groups is 1. The van der Waals surface area contributed by atoms with Crippen LogP contribution < -0.4 is 0 Å². The van der Waals surface area contributed by atoms with E-state index < -0.39 is 0 Å². The average Bonchev–Trinajstić information content (AvgIpc) is 2.90. The van der Waals surface area contributed by atoms with Crippen molar-refractivity contribution in [2.75, 3.05) is 13.6 Å². The first kappa shape index (κ1) is 17.7. The molecule has 1 amide bonds. The molecule has 0 saturated carbocycles. The number of likely N-dealkylation sites (tertiary alicyclic amines) is 1. The second kappa shape index (κ2) is 7.83. The van der Waals surface area contributed by atoms with Gasteiger partial charge in [0.05, 0.1) is 12.2 Å². The van der Waals surface area contributed by atoms with Crippen molar-refractivity contribution in [1.82, 2.24) is 15.0 Å². The summed E-state index contributed by atoms with van der Waals surface area (Å²) in [5.41, 5.74) is 3.39. The summed E-state index contributed by atoms with van der Waals surface area (Å²) < 4.78 is 5.32. The topological polar surface area (TPSA) is 49.6 Å². The molecule has 1 aromatic heterocycles. The predicted molar refractivity (Wildman–Crippen MR) is 96.9 cm³/mol. The number of hydrogen-bond acceptors (Lipinski definition) is 4. The van der Waals surface area contributed by atoms with Gasteiger partial charge in [-0.05, 0) is 44.9 Å². The smallest absolute Gasteiger partial charge is 0.222 e. The molecule has 0 radical (unpaired) electrons. The number of aryl methyl sites for hydroxylation is 2. The number of amides is 1. The van der Waals surface area contributed by atoms with Crippen molar-refractivity contribution >= 4 is 5.91 Å². The summed E-state index contributed by atoms with van der Waals surface area (Å²) in [5.74, 6) is 1.14. The highest BCUT2D eigenvalue weighted by Gasteiger charge is 2.25. The number of benzene rings is 1. The van der Waals surface area contributed by atoms with Crippen molar-refractivity contribution in [1.29, 1.82) is 0 Å². The third-order valence-corrected chi connectivity index (χ3v) is 5.10. The molecule has 5 heteroatoms. The molecule has 0 bridgehead atoms. The first-order valence-electron chi connectivity index (χ1n) is 8.97. The highest BCUT2D eigenvalue weighted by molar-refractivity contribution is 5.76. The highest BCUT2D eigenvalue weighted by Crippen LogP contribution is 2.21. The molecule has 5 nitrogen and oxygen atoms in total. The van der Waals surface area contributed by atoms with Gasteiger partial charge in [-0.25, -0.2) is 0 Å². The molecular weight excluding hydrogens is 314 g/mol. The van der Waals surface area contributed by atoms with Crippen molar-refractivity contribution in [3.8, 4) is 0 Å². The van der Waals surface area contributed by atoms with Crippen LogP contribution in [0.25, 0.3) is 0 Å². The Morgan fingerprint density at radius 3 is 2.80 bits per heavy atom. The molecular formula is C20H27N3O2. The number of carbonyl (C=O) groups excluding carboxylic acids is 1. The Kier molecular flexibility index (Phi) is 5.53. The van der Waals surface area contributed by atoms with Crippen molar-refractivity contribution in [3.63, 3.8) is 0 Å². The van der Waals surface area contributed by atoms with Crippen LogP contribution in [0.2, 0.25) is 0 Å². The lowest BCUT2D eigenvalue weighted by Gasteiger charge is -2.26. The van der Waals surface area contributed by atoms with E-state index in [0.717, 1.165) is 37.4 Å². The number of rotatable bonds is 5. The SMILES string of the molecule is Cc1cc(CN(C)C2CCC(=O)N(Cc3ccccc3C)CC2)on1. The summed E-state index contributed by atoms with van der Waals surface area (Å²) in [6.45, 7) is 6.28. The highest BCUT2D eigenvalue weighted by atomic mass is 16.5. The van der Waals surface area contributed by atoms with Crippen molar-refractivity contribution in [3.05, 3.63) is 52.9 Å². The van der Waals surface area contributed by atoms with Gasteiger partial charge in [0.15, 0.2) is 5.76 Å². The molecule has 1 aromatic carbocycles. The van der Waals surface area contributed by atoms with Gasteiger partial charge in [0.2, 0.25) is 5.91 Å². The van der Waals surface area contributed by atoms with Crippen molar-refractivity contribution < 1.29 is 9.32 Å². The molecule has 3 rings (SSSR count). The normalized spacial score (nSPS) is 18.6. The van der Waals surface area contributed by atoms with Crippen LogP contribution in [0.3, 0.4) is 0 Å². The Labute approximate surface area is 149 Å². The van der Waals surface area contributed by atoms with Crippen LogP contribution in [-0.2, 0) is 17.9 Å². The van der Waals surface area contributed by atoms with E-state index in [9.17, 15) is 4.79 Å². The minimum Gasteiger partial charge on any atom is -0.360 e. The summed E-state index contributed by atoms with van der Waals surface area (Å²) in [4.78, 5) is 16.8. The maximum absolute atomic E-state index is 12.5. The Balaban J connectivity index is 1.60. The second-order valence-electron chi connectivity index (χ2n) is 7.07. The van der Waals surface area contributed by atoms with Gasteiger partial charge in [0.1, 0.15) is 0 Å². The van der Waals surface area contributed by atoms with E-state index in [0.29, 0.717) is 19.0 Å². The molecule has 2 aromatic rings. The van der Waals surface area contributed by atoms with E-state index in [1.165, 1.54) is 11.1 Å². The summed E-state index contributed by atoms with van der Waals surface area (Å²) in [6.07, 6.45) is 2.49. The number of aromatic nitrogens is 1. The van der Waals surface area contributed by atoms with Gasteiger partial charge in [0.25, 0.3) is 0 Å². The zero-order chi connectivity index (χ0) is 17.8. The first-order chi connectivity index (χ1) is 12.0. The van der Waals surface area contributed by atoms with Gasteiger partial charge in [-0.3, -0.25) is 9.69 Å². The molecule has 1 aliphatic rings.